The molecule has 0 bridgehead atoms. The Bertz CT molecular complexity index is 1210. The normalized spacial score (nSPS) is 10.9. The predicted molar refractivity (Wildman–Crippen MR) is 148 cm³/mol. The first-order chi connectivity index (χ1) is 18.5. The minimum absolute atomic E-state index is 0.220. The molecule has 38 heavy (non-hydrogen) atoms. The van der Waals surface area contributed by atoms with Crippen molar-refractivity contribution in [2.45, 2.75) is 52.4 Å². The summed E-state index contributed by atoms with van der Waals surface area (Å²) in [4.78, 5) is 24.3. The molecule has 0 fully saturated rings. The van der Waals surface area contributed by atoms with E-state index in [0.717, 1.165) is 18.6 Å². The van der Waals surface area contributed by atoms with E-state index < -0.39 is 5.97 Å². The van der Waals surface area contributed by atoms with Gasteiger partial charge in [-0.15, -0.1) is 0 Å². The average molecular weight is 537 g/mol. The zero-order valence-electron chi connectivity index (χ0n) is 21.8. The predicted octanol–water partition coefficient (Wildman–Crippen LogP) is 8.89. The summed E-state index contributed by atoms with van der Waals surface area (Å²) in [5.41, 5.74) is 1.87. The number of halogens is 1. The Morgan fingerprint density at radius 3 is 2.03 bits per heavy atom. The highest BCUT2D eigenvalue weighted by Crippen LogP contribution is 2.31. The molecule has 3 rings (SSSR count). The Balaban J connectivity index is 1.50. The van der Waals surface area contributed by atoms with E-state index in [9.17, 15) is 9.59 Å². The summed E-state index contributed by atoms with van der Waals surface area (Å²) < 4.78 is 16.2. The molecule has 0 amide bonds. The number of azo groups is 1. The van der Waals surface area contributed by atoms with E-state index in [2.05, 4.69) is 17.2 Å². The highest BCUT2D eigenvalue weighted by molar-refractivity contribution is 6.32. The van der Waals surface area contributed by atoms with Crippen LogP contribution >= 0.6 is 11.6 Å². The molecule has 0 aliphatic heterocycles. The molecule has 0 aliphatic carbocycles. The molecule has 3 aromatic rings. The van der Waals surface area contributed by atoms with Crippen molar-refractivity contribution in [1.82, 2.24) is 0 Å². The molecule has 0 aromatic heterocycles. The van der Waals surface area contributed by atoms with Gasteiger partial charge in [0, 0.05) is 0 Å². The van der Waals surface area contributed by atoms with Crippen molar-refractivity contribution < 1.29 is 23.8 Å². The first-order valence-corrected chi connectivity index (χ1v) is 13.3. The van der Waals surface area contributed by atoms with Crippen molar-refractivity contribution in [3.05, 3.63) is 82.9 Å². The molecular formula is C30H33ClN2O5. The number of nitrogens with zero attached hydrogens (tertiary/aromatic N) is 2. The fourth-order valence-corrected chi connectivity index (χ4v) is 3.76. The second-order valence-corrected chi connectivity index (χ2v) is 9.02. The highest BCUT2D eigenvalue weighted by Gasteiger charge is 2.12. The van der Waals surface area contributed by atoms with Crippen LogP contribution < -0.4 is 9.47 Å². The number of hydrogen-bond donors (Lipinski definition) is 0. The first kappa shape index (κ1) is 28.9. The lowest BCUT2D eigenvalue weighted by Crippen LogP contribution is -2.08. The van der Waals surface area contributed by atoms with Crippen molar-refractivity contribution in [3.8, 4) is 11.5 Å². The van der Waals surface area contributed by atoms with Crippen LogP contribution in [-0.2, 0) is 4.74 Å². The van der Waals surface area contributed by atoms with Gasteiger partial charge in [-0.25, -0.2) is 9.59 Å². The Labute approximate surface area is 228 Å². The van der Waals surface area contributed by atoms with Crippen LogP contribution in [0.3, 0.4) is 0 Å². The third kappa shape index (κ3) is 9.30. The second-order valence-electron chi connectivity index (χ2n) is 8.61. The minimum Gasteiger partial charge on any atom is -0.494 e. The molecule has 0 spiro atoms. The van der Waals surface area contributed by atoms with Gasteiger partial charge >= 0.3 is 11.9 Å². The number of unbranched alkanes of at least 4 members (excludes halogenated alkanes) is 5. The molecule has 0 atom stereocenters. The molecule has 0 aliphatic rings. The van der Waals surface area contributed by atoms with Crippen LogP contribution in [0.5, 0.6) is 11.5 Å². The minimum atomic E-state index is -0.523. The number of ether oxygens (including phenoxy) is 3. The lowest BCUT2D eigenvalue weighted by atomic mass is 10.1. The summed E-state index contributed by atoms with van der Waals surface area (Å²) in [5.74, 6) is 0.0299. The summed E-state index contributed by atoms with van der Waals surface area (Å²) >= 11 is 6.31. The molecule has 8 heteroatoms. The molecule has 0 N–H and O–H groups in total. The van der Waals surface area contributed by atoms with Gasteiger partial charge in [0.15, 0.2) is 0 Å². The number of carbonyl (C=O) groups is 2. The van der Waals surface area contributed by atoms with Gasteiger partial charge < -0.3 is 14.2 Å². The number of esters is 2. The second kappa shape index (κ2) is 15.5. The Morgan fingerprint density at radius 2 is 1.34 bits per heavy atom. The van der Waals surface area contributed by atoms with Crippen LogP contribution in [0.4, 0.5) is 11.4 Å². The van der Waals surface area contributed by atoms with Gasteiger partial charge in [0.2, 0.25) is 0 Å². The van der Waals surface area contributed by atoms with Gasteiger partial charge in [-0.2, -0.15) is 10.2 Å². The van der Waals surface area contributed by atoms with Crippen molar-refractivity contribution >= 4 is 34.9 Å². The van der Waals surface area contributed by atoms with Crippen LogP contribution in [-0.4, -0.2) is 25.2 Å². The molecular weight excluding hydrogens is 504 g/mol. The SMILES string of the molecule is CCCCCCCCOc1ccc(C(=O)Oc2ccc(N=Nc3ccc(C(=O)OCC)cc3)cc2Cl)cc1. The molecule has 3 aromatic carbocycles. The van der Waals surface area contributed by atoms with Crippen LogP contribution in [0.15, 0.2) is 77.0 Å². The average Bonchev–Trinajstić information content (AvgIpc) is 2.93. The van der Waals surface area contributed by atoms with Gasteiger partial charge in [-0.05, 0) is 80.1 Å². The molecule has 7 nitrogen and oxygen atoms in total. The van der Waals surface area contributed by atoms with Gasteiger partial charge in [0.1, 0.15) is 11.5 Å². The maximum atomic E-state index is 12.6. The number of carbonyl (C=O) groups excluding carboxylic acids is 2. The van der Waals surface area contributed by atoms with Crippen LogP contribution in [0.25, 0.3) is 0 Å². The summed E-state index contributed by atoms with van der Waals surface area (Å²) in [6.45, 7) is 4.93. The van der Waals surface area contributed by atoms with Gasteiger partial charge in [0.25, 0.3) is 0 Å². The summed E-state index contributed by atoms with van der Waals surface area (Å²) in [5, 5.41) is 8.53. The fourth-order valence-electron chi connectivity index (χ4n) is 3.55. The third-order valence-corrected chi connectivity index (χ3v) is 5.93. The Morgan fingerprint density at radius 1 is 0.737 bits per heavy atom. The van der Waals surface area contributed by atoms with Crippen LogP contribution in [0.2, 0.25) is 5.02 Å². The first-order valence-electron chi connectivity index (χ1n) is 12.9. The van der Waals surface area contributed by atoms with Crippen LogP contribution in [0, 0.1) is 0 Å². The van der Waals surface area contributed by atoms with E-state index >= 15 is 0 Å². The smallest absolute Gasteiger partial charge is 0.343 e. The van der Waals surface area contributed by atoms with Gasteiger partial charge in [-0.3, -0.25) is 0 Å². The molecule has 0 saturated heterocycles. The summed E-state index contributed by atoms with van der Waals surface area (Å²) in [7, 11) is 0. The van der Waals surface area contributed by atoms with E-state index in [1.54, 1.807) is 73.7 Å². The molecule has 0 heterocycles. The topological polar surface area (TPSA) is 86.5 Å². The maximum Gasteiger partial charge on any atom is 0.343 e. The highest BCUT2D eigenvalue weighted by atomic mass is 35.5. The van der Waals surface area contributed by atoms with Crippen molar-refractivity contribution in [2.24, 2.45) is 10.2 Å². The fraction of sp³-hybridized carbons (Fsp3) is 0.333. The van der Waals surface area contributed by atoms with E-state index in [4.69, 9.17) is 25.8 Å². The van der Waals surface area contributed by atoms with E-state index in [1.165, 1.54) is 25.7 Å². The van der Waals surface area contributed by atoms with Crippen molar-refractivity contribution in [1.29, 1.82) is 0 Å². The summed E-state index contributed by atoms with van der Waals surface area (Å²) in [6, 6.07) is 18.2. The van der Waals surface area contributed by atoms with Gasteiger partial charge in [0.05, 0.1) is 40.7 Å². The summed E-state index contributed by atoms with van der Waals surface area (Å²) in [6.07, 6.45) is 7.22. The molecule has 200 valence electrons. The zero-order valence-corrected chi connectivity index (χ0v) is 22.6. The van der Waals surface area contributed by atoms with Crippen LogP contribution in [0.1, 0.15) is 73.1 Å². The molecule has 0 unspecified atom stereocenters. The van der Waals surface area contributed by atoms with E-state index in [1.807, 2.05) is 0 Å². The largest absolute Gasteiger partial charge is 0.494 e. The van der Waals surface area contributed by atoms with E-state index in [-0.39, 0.29) is 16.7 Å². The van der Waals surface area contributed by atoms with E-state index in [0.29, 0.717) is 35.7 Å². The Hall–Kier alpha value is -3.71. The monoisotopic (exact) mass is 536 g/mol. The number of benzene rings is 3. The Kier molecular flexibility index (Phi) is 11.8. The quantitative estimate of drug-likeness (QED) is 0.0888. The number of rotatable bonds is 14. The maximum absolute atomic E-state index is 12.6. The van der Waals surface area contributed by atoms with Crippen molar-refractivity contribution in [2.75, 3.05) is 13.2 Å². The zero-order chi connectivity index (χ0) is 27.2. The standard InChI is InChI=1S/C30H33ClN2O5/c1-3-5-6-7-8-9-20-37-26-17-12-23(13-18-26)30(35)38-28-19-16-25(21-27(28)31)33-32-24-14-10-22(11-15-24)29(34)36-4-2/h10-19,21H,3-9,20H2,1-2H3. The number of hydrogen-bond acceptors (Lipinski definition) is 7. The molecule has 0 radical (unpaired) electrons. The lowest BCUT2D eigenvalue weighted by Gasteiger charge is -2.09. The van der Waals surface area contributed by atoms with Gasteiger partial charge in [-0.1, -0.05) is 50.6 Å². The third-order valence-electron chi connectivity index (χ3n) is 5.63. The lowest BCUT2D eigenvalue weighted by molar-refractivity contribution is 0.0526. The van der Waals surface area contributed by atoms with Crippen molar-refractivity contribution in [3.63, 3.8) is 0 Å². The molecule has 0 saturated carbocycles.